The largest absolute Gasteiger partial charge is 0.330 e. The van der Waals surface area contributed by atoms with Crippen LogP contribution in [0.4, 0.5) is 11.4 Å². The maximum Gasteiger partial charge on any atom is 0.262 e. The van der Waals surface area contributed by atoms with E-state index in [2.05, 4.69) is 5.32 Å². The second-order valence-corrected chi connectivity index (χ2v) is 8.85. The van der Waals surface area contributed by atoms with Crippen LogP contribution in [0.5, 0.6) is 0 Å². The molecule has 2 amide bonds. The van der Waals surface area contributed by atoms with E-state index in [0.29, 0.717) is 23.4 Å². The number of carbonyl (C=O) groups excluding carboxylic acids is 2. The smallest absolute Gasteiger partial charge is 0.262 e. The Balaban J connectivity index is 1.54. The molecule has 6 heteroatoms. The molecule has 1 aliphatic heterocycles. The number of para-hydroxylation sites is 1. The second-order valence-electron chi connectivity index (χ2n) is 7.56. The van der Waals surface area contributed by atoms with Gasteiger partial charge in [-0.1, -0.05) is 36.4 Å². The van der Waals surface area contributed by atoms with Crippen molar-refractivity contribution < 1.29 is 9.59 Å². The van der Waals surface area contributed by atoms with Gasteiger partial charge in [0.1, 0.15) is 0 Å². The molecule has 0 aromatic heterocycles. The maximum absolute atomic E-state index is 13.3. The number of hydrogen-bond acceptors (Lipinski definition) is 4. The molecular weight excluding hydrogens is 418 g/mol. The molecule has 0 spiro atoms. The van der Waals surface area contributed by atoms with Gasteiger partial charge in [-0.3, -0.25) is 14.5 Å². The Kier molecular flexibility index (Phi) is 6.73. The third-order valence-corrected chi connectivity index (χ3v) is 6.60. The first kappa shape index (κ1) is 21.9. The number of amides is 2. The summed E-state index contributed by atoms with van der Waals surface area (Å²) in [6.45, 7) is 2.49. The average Bonchev–Trinajstić information content (AvgIpc) is 2.99. The van der Waals surface area contributed by atoms with Gasteiger partial charge in [-0.05, 0) is 67.9 Å². The Morgan fingerprint density at radius 3 is 2.47 bits per heavy atom. The molecule has 162 valence electrons. The van der Waals surface area contributed by atoms with Gasteiger partial charge in [0.25, 0.3) is 11.8 Å². The zero-order chi connectivity index (χ0) is 22.5. The number of anilines is 2. The molecule has 4 rings (SSSR count). The van der Waals surface area contributed by atoms with Crippen LogP contribution in [0, 0.1) is 6.92 Å². The van der Waals surface area contributed by atoms with Gasteiger partial charge >= 0.3 is 0 Å². The van der Waals surface area contributed by atoms with Gasteiger partial charge in [-0.25, -0.2) is 0 Å². The van der Waals surface area contributed by atoms with Crippen molar-refractivity contribution in [1.29, 1.82) is 0 Å². The molecule has 1 aliphatic rings. The molecule has 3 aromatic carbocycles. The predicted octanol–water partition coefficient (Wildman–Crippen LogP) is 5.23. The normalized spacial score (nSPS) is 15.1. The predicted molar refractivity (Wildman–Crippen MR) is 131 cm³/mol. The van der Waals surface area contributed by atoms with Crippen LogP contribution in [0.25, 0.3) is 0 Å². The van der Waals surface area contributed by atoms with Crippen LogP contribution in [-0.4, -0.2) is 23.6 Å². The van der Waals surface area contributed by atoms with E-state index in [1.54, 1.807) is 47.0 Å². The first-order valence-corrected chi connectivity index (χ1v) is 11.4. The molecule has 0 fully saturated rings. The molecule has 3 N–H and O–H groups in total. The first-order chi connectivity index (χ1) is 15.6. The van der Waals surface area contributed by atoms with Gasteiger partial charge in [-0.15, -0.1) is 11.8 Å². The van der Waals surface area contributed by atoms with Gasteiger partial charge < -0.3 is 11.1 Å². The fraction of sp³-hybridized carbons (Fsp3) is 0.154. The summed E-state index contributed by atoms with van der Waals surface area (Å²) in [7, 11) is 0. The summed E-state index contributed by atoms with van der Waals surface area (Å²) in [5.41, 5.74) is 9.33. The number of aryl methyl sites for hydroxylation is 1. The van der Waals surface area contributed by atoms with Crippen LogP contribution in [0.2, 0.25) is 0 Å². The Bertz CT molecular complexity index is 1160. The number of nitrogens with zero attached hydrogens (tertiary/aromatic N) is 1. The van der Waals surface area contributed by atoms with Gasteiger partial charge in [-0.2, -0.15) is 0 Å². The minimum atomic E-state index is -0.172. The van der Waals surface area contributed by atoms with Gasteiger partial charge in [0.2, 0.25) is 0 Å². The summed E-state index contributed by atoms with van der Waals surface area (Å²) in [5, 5.41) is 3.12. The lowest BCUT2D eigenvalue weighted by Crippen LogP contribution is -2.25. The van der Waals surface area contributed by atoms with Crippen molar-refractivity contribution in [2.45, 2.75) is 23.5 Å². The maximum atomic E-state index is 13.3. The topological polar surface area (TPSA) is 75.4 Å². The van der Waals surface area contributed by atoms with Crippen molar-refractivity contribution in [2.75, 3.05) is 16.8 Å². The number of carbonyl (C=O) groups is 2. The van der Waals surface area contributed by atoms with E-state index in [-0.39, 0.29) is 17.1 Å². The average molecular weight is 444 g/mol. The van der Waals surface area contributed by atoms with Gasteiger partial charge in [0.05, 0.1) is 5.69 Å². The summed E-state index contributed by atoms with van der Waals surface area (Å²) < 4.78 is 0. The van der Waals surface area contributed by atoms with Crippen LogP contribution in [0.3, 0.4) is 0 Å². The number of hydrogen-bond donors (Lipinski definition) is 2. The second kappa shape index (κ2) is 9.85. The number of rotatable bonds is 5. The standard InChI is InChI=1S/C26H25N3O2S/c1-18-6-2-3-7-22(18)25(30)28-20-12-10-19(11-13-20)26(31)29-17-15-21(14-16-27)32-24-9-5-4-8-23(24)29/h2-13,15,17,21H,14,16,27H2,1H3,(H,28,30). The molecule has 0 saturated heterocycles. The van der Waals surface area contributed by atoms with Crippen molar-refractivity contribution in [3.63, 3.8) is 0 Å². The SMILES string of the molecule is Cc1ccccc1C(=O)Nc1ccc(C(=O)N2C=CC(CCN)Sc3ccccc32)cc1. The number of benzene rings is 3. The van der Waals surface area contributed by atoms with Crippen molar-refractivity contribution in [3.8, 4) is 0 Å². The minimum Gasteiger partial charge on any atom is -0.330 e. The highest BCUT2D eigenvalue weighted by molar-refractivity contribution is 8.00. The van der Waals surface area contributed by atoms with Crippen molar-refractivity contribution >= 4 is 35.0 Å². The number of nitrogens with two attached hydrogens (primary N) is 1. The van der Waals surface area contributed by atoms with E-state index >= 15 is 0 Å². The highest BCUT2D eigenvalue weighted by atomic mass is 32.2. The fourth-order valence-electron chi connectivity index (χ4n) is 3.58. The Morgan fingerprint density at radius 1 is 1.00 bits per heavy atom. The first-order valence-electron chi connectivity index (χ1n) is 10.5. The van der Waals surface area contributed by atoms with E-state index < -0.39 is 0 Å². The molecule has 0 radical (unpaired) electrons. The van der Waals surface area contributed by atoms with Crippen LogP contribution in [-0.2, 0) is 0 Å². The number of nitrogens with one attached hydrogen (secondary N) is 1. The molecule has 3 aromatic rings. The van der Waals surface area contributed by atoms with Crippen molar-refractivity contribution in [2.24, 2.45) is 5.73 Å². The molecule has 32 heavy (non-hydrogen) atoms. The third kappa shape index (κ3) is 4.77. The van der Waals surface area contributed by atoms with E-state index in [4.69, 9.17) is 5.73 Å². The lowest BCUT2D eigenvalue weighted by Gasteiger charge is -2.20. The molecule has 1 unspecified atom stereocenters. The lowest BCUT2D eigenvalue weighted by atomic mass is 10.1. The lowest BCUT2D eigenvalue weighted by molar-refractivity contribution is 0.0995. The Hall–Kier alpha value is -3.35. The van der Waals surface area contributed by atoms with E-state index in [1.165, 1.54) is 0 Å². The van der Waals surface area contributed by atoms with E-state index in [0.717, 1.165) is 22.6 Å². The highest BCUT2D eigenvalue weighted by Crippen LogP contribution is 2.38. The van der Waals surface area contributed by atoms with Gasteiger partial charge in [0.15, 0.2) is 0 Å². The summed E-state index contributed by atoms with van der Waals surface area (Å²) >= 11 is 1.72. The summed E-state index contributed by atoms with van der Waals surface area (Å²) in [6, 6.07) is 22.3. The van der Waals surface area contributed by atoms with Crippen LogP contribution >= 0.6 is 11.8 Å². The molecule has 0 aliphatic carbocycles. The van der Waals surface area contributed by atoms with Gasteiger partial charge in [0, 0.05) is 33.2 Å². The van der Waals surface area contributed by atoms with Crippen LogP contribution < -0.4 is 16.0 Å². The molecular formula is C26H25N3O2S. The summed E-state index contributed by atoms with van der Waals surface area (Å²) in [4.78, 5) is 28.6. The molecule has 1 heterocycles. The zero-order valence-corrected chi connectivity index (χ0v) is 18.6. The summed E-state index contributed by atoms with van der Waals surface area (Å²) in [6.07, 6.45) is 4.72. The van der Waals surface area contributed by atoms with E-state index in [1.807, 2.05) is 61.7 Å². The van der Waals surface area contributed by atoms with Crippen molar-refractivity contribution in [3.05, 3.63) is 102 Å². The molecule has 5 nitrogen and oxygen atoms in total. The Labute approximate surface area is 192 Å². The quantitative estimate of drug-likeness (QED) is 0.566. The summed E-state index contributed by atoms with van der Waals surface area (Å²) in [5.74, 6) is -0.297. The van der Waals surface area contributed by atoms with Crippen LogP contribution in [0.15, 0.2) is 90.0 Å². The molecule has 1 atom stereocenters. The zero-order valence-electron chi connectivity index (χ0n) is 17.8. The highest BCUT2D eigenvalue weighted by Gasteiger charge is 2.23. The monoisotopic (exact) mass is 443 g/mol. The minimum absolute atomic E-state index is 0.125. The van der Waals surface area contributed by atoms with Crippen molar-refractivity contribution in [1.82, 2.24) is 0 Å². The fourth-order valence-corrected chi connectivity index (χ4v) is 4.75. The van der Waals surface area contributed by atoms with Crippen LogP contribution in [0.1, 0.15) is 32.7 Å². The van der Waals surface area contributed by atoms with E-state index in [9.17, 15) is 9.59 Å². The third-order valence-electron chi connectivity index (χ3n) is 5.30. The Morgan fingerprint density at radius 2 is 1.72 bits per heavy atom. The number of thioether (sulfide) groups is 1. The number of fused-ring (bicyclic) bond motifs is 1. The molecule has 0 saturated carbocycles. The molecule has 0 bridgehead atoms.